The van der Waals surface area contributed by atoms with Gasteiger partial charge in [0.1, 0.15) is 5.75 Å². The first-order valence-electron chi connectivity index (χ1n) is 6.53. The number of hydrogen-bond donors (Lipinski definition) is 1. The van der Waals surface area contributed by atoms with Crippen molar-refractivity contribution in [2.45, 2.75) is 13.3 Å². The third-order valence-electron chi connectivity index (χ3n) is 2.90. The Morgan fingerprint density at radius 3 is 2.17 bits per heavy atom. The summed E-state index contributed by atoms with van der Waals surface area (Å²) in [6.07, 6.45) is -4.79. The van der Waals surface area contributed by atoms with Gasteiger partial charge in [0.2, 0.25) is 0 Å². The van der Waals surface area contributed by atoms with E-state index in [0.717, 1.165) is 12.1 Å². The van der Waals surface area contributed by atoms with Crippen LogP contribution < -0.4 is 10.1 Å². The number of benzene rings is 2. The smallest absolute Gasteiger partial charge is 0.406 e. The fraction of sp³-hybridized carbons (Fsp3) is 0.125. The van der Waals surface area contributed by atoms with Crippen molar-refractivity contribution in [3.05, 3.63) is 59.7 Å². The van der Waals surface area contributed by atoms with E-state index in [1.54, 1.807) is 24.3 Å². The lowest BCUT2D eigenvalue weighted by Gasteiger charge is -2.11. The number of ether oxygens (including phenoxy) is 1. The van der Waals surface area contributed by atoms with Crippen molar-refractivity contribution in [2.75, 3.05) is 5.32 Å². The van der Waals surface area contributed by atoms with Crippen molar-refractivity contribution in [3.63, 3.8) is 0 Å². The molecule has 1 N–H and O–H groups in total. The quantitative estimate of drug-likeness (QED) is 0.864. The molecule has 120 valence electrons. The second kappa shape index (κ2) is 6.51. The van der Waals surface area contributed by atoms with Gasteiger partial charge in [0.05, 0.1) is 5.69 Å². The van der Waals surface area contributed by atoms with Crippen LogP contribution >= 0.6 is 0 Å². The highest BCUT2D eigenvalue weighted by Gasteiger charge is 2.31. The van der Waals surface area contributed by atoms with E-state index in [1.807, 2.05) is 0 Å². The number of carbonyl (C=O) groups excluding carboxylic acids is 2. The number of alkyl halides is 3. The van der Waals surface area contributed by atoms with E-state index in [-0.39, 0.29) is 11.3 Å². The molecule has 0 aromatic heterocycles. The summed E-state index contributed by atoms with van der Waals surface area (Å²) in [7, 11) is 0. The van der Waals surface area contributed by atoms with E-state index >= 15 is 0 Å². The van der Waals surface area contributed by atoms with Crippen molar-refractivity contribution in [3.8, 4) is 5.75 Å². The minimum Gasteiger partial charge on any atom is -0.406 e. The monoisotopic (exact) mass is 323 g/mol. The molecule has 4 nitrogen and oxygen atoms in total. The van der Waals surface area contributed by atoms with Crippen LogP contribution in [-0.2, 0) is 0 Å². The number of anilines is 1. The highest BCUT2D eigenvalue weighted by Crippen LogP contribution is 2.23. The van der Waals surface area contributed by atoms with Crippen molar-refractivity contribution in [2.24, 2.45) is 0 Å². The molecule has 0 saturated heterocycles. The van der Waals surface area contributed by atoms with Gasteiger partial charge in [-0.3, -0.25) is 9.59 Å². The second-order valence-electron chi connectivity index (χ2n) is 4.63. The van der Waals surface area contributed by atoms with Crippen LogP contribution in [0.3, 0.4) is 0 Å². The molecular formula is C16H12F3NO3. The molecule has 0 aliphatic rings. The molecule has 1 amide bonds. The van der Waals surface area contributed by atoms with E-state index in [1.165, 1.54) is 19.1 Å². The van der Waals surface area contributed by atoms with Gasteiger partial charge in [-0.2, -0.15) is 0 Å². The second-order valence-corrected chi connectivity index (χ2v) is 4.63. The minimum absolute atomic E-state index is 0.137. The number of halogens is 3. The summed E-state index contributed by atoms with van der Waals surface area (Å²) in [6.45, 7) is 1.37. The Morgan fingerprint density at radius 1 is 1.00 bits per heavy atom. The highest BCUT2D eigenvalue weighted by atomic mass is 19.4. The van der Waals surface area contributed by atoms with Crippen LogP contribution in [0.15, 0.2) is 48.5 Å². The number of hydrogen-bond acceptors (Lipinski definition) is 3. The third kappa shape index (κ3) is 4.57. The van der Waals surface area contributed by atoms with Gasteiger partial charge in [0, 0.05) is 11.1 Å². The Hall–Kier alpha value is -2.83. The maximum atomic E-state index is 12.1. The fourth-order valence-corrected chi connectivity index (χ4v) is 1.90. The normalized spacial score (nSPS) is 11.0. The van der Waals surface area contributed by atoms with E-state index in [4.69, 9.17) is 0 Å². The molecule has 23 heavy (non-hydrogen) atoms. The van der Waals surface area contributed by atoms with E-state index in [2.05, 4.69) is 10.1 Å². The maximum Gasteiger partial charge on any atom is 0.573 e. The molecule has 2 aromatic carbocycles. The van der Waals surface area contributed by atoms with Gasteiger partial charge in [-0.05, 0) is 43.3 Å². The fourth-order valence-electron chi connectivity index (χ4n) is 1.90. The van der Waals surface area contributed by atoms with Crippen LogP contribution in [0.4, 0.5) is 18.9 Å². The molecule has 0 atom stereocenters. The molecule has 0 aliphatic carbocycles. The molecule has 0 fully saturated rings. The zero-order chi connectivity index (χ0) is 17.0. The SMILES string of the molecule is CC(=O)c1ccccc1NC(=O)c1ccc(OC(F)(F)F)cc1. The Kier molecular flexibility index (Phi) is 4.68. The summed E-state index contributed by atoms with van der Waals surface area (Å²) >= 11 is 0. The Morgan fingerprint density at radius 2 is 1.61 bits per heavy atom. The molecule has 2 aromatic rings. The predicted octanol–water partition coefficient (Wildman–Crippen LogP) is 4.04. The van der Waals surface area contributed by atoms with Gasteiger partial charge in [-0.25, -0.2) is 0 Å². The zero-order valence-electron chi connectivity index (χ0n) is 12.0. The Balaban J connectivity index is 2.14. The van der Waals surface area contributed by atoms with Gasteiger partial charge in [0.15, 0.2) is 5.78 Å². The lowest BCUT2D eigenvalue weighted by Crippen LogP contribution is -2.17. The summed E-state index contributed by atoms with van der Waals surface area (Å²) in [5.74, 6) is -1.18. The number of ketones is 1. The van der Waals surface area contributed by atoms with Crippen molar-refractivity contribution < 1.29 is 27.5 Å². The van der Waals surface area contributed by atoms with Gasteiger partial charge in [-0.1, -0.05) is 12.1 Å². The number of para-hydroxylation sites is 1. The molecule has 0 spiro atoms. The Bertz CT molecular complexity index is 724. The van der Waals surface area contributed by atoms with Gasteiger partial charge in [0.25, 0.3) is 5.91 Å². The molecule has 0 bridgehead atoms. The summed E-state index contributed by atoms with van der Waals surface area (Å²) in [4.78, 5) is 23.6. The third-order valence-corrected chi connectivity index (χ3v) is 2.90. The number of Topliss-reactive ketones (excluding diaryl/α,β-unsaturated/α-hetero) is 1. The number of rotatable bonds is 4. The maximum absolute atomic E-state index is 12.1. The standard InChI is InChI=1S/C16H12F3NO3/c1-10(21)13-4-2-3-5-14(13)20-15(22)11-6-8-12(9-7-11)23-16(17,18)19/h2-9H,1H3,(H,20,22). The molecule has 7 heteroatoms. The minimum atomic E-state index is -4.79. The van der Waals surface area contributed by atoms with E-state index in [0.29, 0.717) is 11.3 Å². The topological polar surface area (TPSA) is 55.4 Å². The van der Waals surface area contributed by atoms with Gasteiger partial charge >= 0.3 is 6.36 Å². The summed E-state index contributed by atoms with van der Waals surface area (Å²) < 4.78 is 40.0. The molecule has 0 aliphatic heterocycles. The summed E-state index contributed by atoms with van der Waals surface area (Å²) in [6, 6.07) is 10.9. The lowest BCUT2D eigenvalue weighted by atomic mass is 10.1. The van der Waals surface area contributed by atoms with Crippen molar-refractivity contribution in [1.29, 1.82) is 0 Å². The average molecular weight is 323 g/mol. The molecular weight excluding hydrogens is 311 g/mol. The molecule has 0 heterocycles. The van der Waals surface area contributed by atoms with Gasteiger partial charge in [-0.15, -0.1) is 13.2 Å². The molecule has 0 unspecified atom stereocenters. The van der Waals surface area contributed by atoms with Crippen LogP contribution in [0, 0.1) is 0 Å². The lowest BCUT2D eigenvalue weighted by molar-refractivity contribution is -0.274. The summed E-state index contributed by atoms with van der Waals surface area (Å²) in [5, 5.41) is 2.55. The highest BCUT2D eigenvalue weighted by molar-refractivity contribution is 6.09. The van der Waals surface area contributed by atoms with E-state index in [9.17, 15) is 22.8 Å². The van der Waals surface area contributed by atoms with Crippen LogP contribution in [0.1, 0.15) is 27.6 Å². The molecule has 0 saturated carbocycles. The molecule has 2 rings (SSSR count). The van der Waals surface area contributed by atoms with Crippen LogP contribution in [0.2, 0.25) is 0 Å². The Labute approximate surface area is 129 Å². The predicted molar refractivity (Wildman–Crippen MR) is 77.5 cm³/mol. The van der Waals surface area contributed by atoms with Crippen LogP contribution in [0.5, 0.6) is 5.75 Å². The first-order chi connectivity index (χ1) is 10.8. The van der Waals surface area contributed by atoms with Crippen LogP contribution in [-0.4, -0.2) is 18.1 Å². The van der Waals surface area contributed by atoms with Crippen molar-refractivity contribution in [1.82, 2.24) is 0 Å². The average Bonchev–Trinajstić information content (AvgIpc) is 2.46. The first kappa shape index (κ1) is 16.5. The van der Waals surface area contributed by atoms with Crippen LogP contribution in [0.25, 0.3) is 0 Å². The summed E-state index contributed by atoms with van der Waals surface area (Å²) in [5.41, 5.74) is 0.816. The first-order valence-corrected chi connectivity index (χ1v) is 6.53. The number of amides is 1. The number of nitrogens with one attached hydrogen (secondary N) is 1. The largest absolute Gasteiger partial charge is 0.573 e. The van der Waals surface area contributed by atoms with Crippen molar-refractivity contribution >= 4 is 17.4 Å². The number of carbonyl (C=O) groups is 2. The van der Waals surface area contributed by atoms with E-state index < -0.39 is 18.0 Å². The zero-order valence-corrected chi connectivity index (χ0v) is 12.0. The van der Waals surface area contributed by atoms with Gasteiger partial charge < -0.3 is 10.1 Å². The molecule has 0 radical (unpaired) electrons.